The van der Waals surface area contributed by atoms with Gasteiger partial charge in [-0.1, -0.05) is 72.8 Å². The van der Waals surface area contributed by atoms with Crippen molar-refractivity contribution in [2.75, 3.05) is 13.1 Å². The summed E-state index contributed by atoms with van der Waals surface area (Å²) in [6, 6.07) is 24.8. The molecular formula is C23H21NO. The third-order valence-electron chi connectivity index (χ3n) is 4.85. The van der Waals surface area contributed by atoms with Crippen LogP contribution in [-0.2, 0) is 4.79 Å². The van der Waals surface area contributed by atoms with Crippen molar-refractivity contribution in [3.05, 3.63) is 90.0 Å². The maximum Gasteiger partial charge on any atom is 0.247 e. The molecule has 0 atom stereocenters. The number of hydrogen-bond donors (Lipinski definition) is 0. The van der Waals surface area contributed by atoms with Crippen molar-refractivity contribution in [2.24, 2.45) is 0 Å². The molecule has 0 radical (unpaired) electrons. The van der Waals surface area contributed by atoms with Crippen LogP contribution in [0.3, 0.4) is 0 Å². The van der Waals surface area contributed by atoms with Gasteiger partial charge in [-0.2, -0.15) is 0 Å². The SMILES string of the molecule is O=C(C=C(c1ccccc1)c1cccc2ccccc12)N1CCCC1. The standard InChI is InChI=1S/C23H21NO/c25-23(24-15-6-7-16-24)17-22(19-9-2-1-3-10-19)21-14-8-12-18-11-4-5-13-20(18)21/h1-5,8-14,17H,6-7,15-16H2. The van der Waals surface area contributed by atoms with E-state index in [-0.39, 0.29) is 5.91 Å². The van der Waals surface area contributed by atoms with Crippen molar-refractivity contribution in [3.8, 4) is 0 Å². The lowest BCUT2D eigenvalue weighted by molar-refractivity contribution is -0.124. The van der Waals surface area contributed by atoms with E-state index in [0.29, 0.717) is 0 Å². The first-order valence-corrected chi connectivity index (χ1v) is 8.87. The minimum Gasteiger partial charge on any atom is -0.339 e. The summed E-state index contributed by atoms with van der Waals surface area (Å²) in [6.07, 6.45) is 4.03. The van der Waals surface area contributed by atoms with Crippen LogP contribution < -0.4 is 0 Å². The Morgan fingerprint density at radius 3 is 2.28 bits per heavy atom. The number of amides is 1. The predicted molar refractivity (Wildman–Crippen MR) is 103 cm³/mol. The first kappa shape index (κ1) is 15.6. The number of nitrogens with zero attached hydrogens (tertiary/aromatic N) is 1. The Morgan fingerprint density at radius 1 is 0.800 bits per heavy atom. The Bertz CT molecular complexity index is 916. The Kier molecular flexibility index (Phi) is 4.34. The van der Waals surface area contributed by atoms with Gasteiger partial charge in [0.25, 0.3) is 0 Å². The Morgan fingerprint density at radius 2 is 1.48 bits per heavy atom. The molecule has 1 aliphatic rings. The topological polar surface area (TPSA) is 20.3 Å². The summed E-state index contributed by atoms with van der Waals surface area (Å²) < 4.78 is 0. The predicted octanol–water partition coefficient (Wildman–Crippen LogP) is 4.89. The quantitative estimate of drug-likeness (QED) is 0.627. The van der Waals surface area contributed by atoms with E-state index in [1.165, 1.54) is 10.8 Å². The second-order valence-electron chi connectivity index (χ2n) is 6.48. The zero-order chi connectivity index (χ0) is 17.1. The van der Waals surface area contributed by atoms with Crippen LogP contribution in [0, 0.1) is 0 Å². The molecule has 0 aliphatic carbocycles. The maximum atomic E-state index is 12.8. The largest absolute Gasteiger partial charge is 0.339 e. The number of likely N-dealkylation sites (tertiary alicyclic amines) is 1. The monoisotopic (exact) mass is 327 g/mol. The summed E-state index contributed by atoms with van der Waals surface area (Å²) in [7, 11) is 0. The van der Waals surface area contributed by atoms with Gasteiger partial charge < -0.3 is 4.90 Å². The molecule has 2 heteroatoms. The molecule has 1 fully saturated rings. The number of carbonyl (C=O) groups excluding carboxylic acids is 1. The van der Waals surface area contributed by atoms with E-state index in [9.17, 15) is 4.79 Å². The lowest BCUT2D eigenvalue weighted by atomic mass is 9.93. The first-order chi connectivity index (χ1) is 12.3. The van der Waals surface area contributed by atoms with Crippen molar-refractivity contribution in [2.45, 2.75) is 12.8 Å². The molecule has 0 saturated carbocycles. The third-order valence-corrected chi connectivity index (χ3v) is 4.85. The van der Waals surface area contributed by atoms with E-state index in [1.54, 1.807) is 0 Å². The molecule has 3 aromatic carbocycles. The molecule has 3 aromatic rings. The van der Waals surface area contributed by atoms with Crippen LogP contribution in [0.15, 0.2) is 78.9 Å². The fourth-order valence-electron chi connectivity index (χ4n) is 3.55. The molecule has 0 N–H and O–H groups in total. The van der Waals surface area contributed by atoms with Crippen molar-refractivity contribution in [1.82, 2.24) is 4.90 Å². The van der Waals surface area contributed by atoms with Gasteiger partial charge >= 0.3 is 0 Å². The van der Waals surface area contributed by atoms with E-state index in [0.717, 1.165) is 42.6 Å². The molecule has 0 unspecified atom stereocenters. The molecule has 0 bridgehead atoms. The summed E-state index contributed by atoms with van der Waals surface area (Å²) in [5.74, 6) is 0.115. The minimum absolute atomic E-state index is 0.115. The summed E-state index contributed by atoms with van der Waals surface area (Å²) in [5, 5.41) is 2.37. The van der Waals surface area contributed by atoms with Crippen LogP contribution in [0.4, 0.5) is 0 Å². The molecule has 124 valence electrons. The van der Waals surface area contributed by atoms with Gasteiger partial charge in [0, 0.05) is 19.2 Å². The molecule has 1 heterocycles. The highest BCUT2D eigenvalue weighted by atomic mass is 16.2. The molecule has 0 spiro atoms. The fraction of sp³-hybridized carbons (Fsp3) is 0.174. The van der Waals surface area contributed by atoms with E-state index in [2.05, 4.69) is 48.5 Å². The van der Waals surface area contributed by atoms with E-state index in [4.69, 9.17) is 0 Å². The van der Waals surface area contributed by atoms with Crippen LogP contribution in [0.1, 0.15) is 24.0 Å². The lowest BCUT2D eigenvalue weighted by Gasteiger charge is -2.16. The van der Waals surface area contributed by atoms with Crippen molar-refractivity contribution < 1.29 is 4.79 Å². The number of carbonyl (C=O) groups is 1. The molecule has 1 amide bonds. The fourth-order valence-corrected chi connectivity index (χ4v) is 3.55. The van der Waals surface area contributed by atoms with Crippen LogP contribution >= 0.6 is 0 Å². The molecule has 1 aliphatic heterocycles. The van der Waals surface area contributed by atoms with Gasteiger partial charge in [0.15, 0.2) is 0 Å². The number of rotatable bonds is 3. The van der Waals surface area contributed by atoms with Gasteiger partial charge in [0.1, 0.15) is 0 Å². The molecule has 1 saturated heterocycles. The Balaban J connectivity index is 1.87. The minimum atomic E-state index is 0.115. The highest BCUT2D eigenvalue weighted by Crippen LogP contribution is 2.30. The highest BCUT2D eigenvalue weighted by Gasteiger charge is 2.18. The smallest absolute Gasteiger partial charge is 0.247 e. The average Bonchev–Trinajstić information content (AvgIpc) is 3.21. The molecule has 2 nitrogen and oxygen atoms in total. The van der Waals surface area contributed by atoms with Gasteiger partial charge in [-0.25, -0.2) is 0 Å². The molecular weight excluding hydrogens is 306 g/mol. The normalized spacial score (nSPS) is 14.9. The summed E-state index contributed by atoms with van der Waals surface area (Å²) in [5.41, 5.74) is 3.18. The van der Waals surface area contributed by atoms with E-state index < -0.39 is 0 Å². The summed E-state index contributed by atoms with van der Waals surface area (Å²) >= 11 is 0. The van der Waals surface area contributed by atoms with Crippen molar-refractivity contribution in [3.63, 3.8) is 0 Å². The van der Waals surface area contributed by atoms with Crippen molar-refractivity contribution in [1.29, 1.82) is 0 Å². The average molecular weight is 327 g/mol. The third kappa shape index (κ3) is 3.20. The van der Waals surface area contributed by atoms with Gasteiger partial charge in [-0.3, -0.25) is 4.79 Å². The van der Waals surface area contributed by atoms with E-state index in [1.807, 2.05) is 35.2 Å². The highest BCUT2D eigenvalue weighted by molar-refractivity contribution is 6.04. The number of fused-ring (bicyclic) bond motifs is 1. The van der Waals surface area contributed by atoms with Crippen LogP contribution in [0.2, 0.25) is 0 Å². The van der Waals surface area contributed by atoms with Gasteiger partial charge in [0.2, 0.25) is 5.91 Å². The Labute approximate surface area is 148 Å². The summed E-state index contributed by atoms with van der Waals surface area (Å²) in [6.45, 7) is 1.74. The zero-order valence-corrected chi connectivity index (χ0v) is 14.2. The van der Waals surface area contributed by atoms with Crippen LogP contribution in [0.5, 0.6) is 0 Å². The second kappa shape index (κ2) is 6.94. The van der Waals surface area contributed by atoms with Gasteiger partial charge in [-0.05, 0) is 40.3 Å². The zero-order valence-electron chi connectivity index (χ0n) is 14.2. The number of hydrogen-bond acceptors (Lipinski definition) is 1. The number of benzene rings is 3. The van der Waals surface area contributed by atoms with E-state index >= 15 is 0 Å². The van der Waals surface area contributed by atoms with Gasteiger partial charge in [-0.15, -0.1) is 0 Å². The molecule has 0 aromatic heterocycles. The van der Waals surface area contributed by atoms with Crippen LogP contribution in [0.25, 0.3) is 16.3 Å². The molecule has 4 rings (SSSR count). The second-order valence-corrected chi connectivity index (χ2v) is 6.48. The first-order valence-electron chi connectivity index (χ1n) is 8.87. The van der Waals surface area contributed by atoms with Gasteiger partial charge in [0.05, 0.1) is 0 Å². The lowest BCUT2D eigenvalue weighted by Crippen LogP contribution is -2.25. The maximum absolute atomic E-state index is 12.8. The summed E-state index contributed by atoms with van der Waals surface area (Å²) in [4.78, 5) is 14.7. The van der Waals surface area contributed by atoms with Crippen molar-refractivity contribution >= 4 is 22.3 Å². The Hall–Kier alpha value is -2.87. The molecule has 25 heavy (non-hydrogen) atoms. The van der Waals surface area contributed by atoms with Crippen LogP contribution in [-0.4, -0.2) is 23.9 Å².